The number of nitrogen functional groups attached to an aromatic ring is 1. The number of carbonyl (C=O) groups is 1. The highest BCUT2D eigenvalue weighted by molar-refractivity contribution is 7.22. The highest BCUT2D eigenvalue weighted by Crippen LogP contribution is 2.41. The lowest BCUT2D eigenvalue weighted by molar-refractivity contribution is -0.136. The van der Waals surface area contributed by atoms with Gasteiger partial charge in [-0.25, -0.2) is 4.98 Å². The van der Waals surface area contributed by atoms with E-state index in [-0.39, 0.29) is 6.42 Å². The molecule has 0 bridgehead atoms. The summed E-state index contributed by atoms with van der Waals surface area (Å²) in [7, 11) is 2.10. The number of aromatic nitrogens is 1. The number of hydrogen-bond donors (Lipinski definition) is 3. The van der Waals surface area contributed by atoms with Gasteiger partial charge in [-0.1, -0.05) is 23.7 Å². The molecule has 0 spiro atoms. The summed E-state index contributed by atoms with van der Waals surface area (Å²) in [6, 6.07) is 15.8. The SMILES string of the molecule is Cc1cc2nc(-c3ccc(N)c(NC4CN(C)C4)c3)sc2c(-c2ccc(Cl)cc2)c1CC(=O)O. The summed E-state index contributed by atoms with van der Waals surface area (Å²) < 4.78 is 0.964. The Bertz CT molecular complexity index is 1390. The monoisotopic (exact) mass is 492 g/mol. The molecule has 4 N–H and O–H groups in total. The second-order valence-corrected chi connectivity index (χ2v) is 10.3. The Morgan fingerprint density at radius 2 is 1.91 bits per heavy atom. The number of nitrogens with two attached hydrogens (primary N) is 1. The maximum Gasteiger partial charge on any atom is 0.307 e. The summed E-state index contributed by atoms with van der Waals surface area (Å²) in [4.78, 5) is 18.9. The Morgan fingerprint density at radius 3 is 2.59 bits per heavy atom. The Kier molecular flexibility index (Phi) is 5.93. The van der Waals surface area contributed by atoms with E-state index in [9.17, 15) is 9.90 Å². The van der Waals surface area contributed by atoms with Crippen molar-refractivity contribution >= 4 is 50.5 Å². The van der Waals surface area contributed by atoms with Gasteiger partial charge in [-0.15, -0.1) is 11.3 Å². The smallest absolute Gasteiger partial charge is 0.307 e. The Hall–Kier alpha value is -3.13. The van der Waals surface area contributed by atoms with E-state index in [0.29, 0.717) is 16.8 Å². The lowest BCUT2D eigenvalue weighted by atomic mass is 9.93. The van der Waals surface area contributed by atoms with Gasteiger partial charge in [0.25, 0.3) is 0 Å². The molecule has 1 saturated heterocycles. The summed E-state index contributed by atoms with van der Waals surface area (Å²) >= 11 is 7.69. The third-order valence-electron chi connectivity index (χ3n) is 6.20. The number of nitrogens with one attached hydrogen (secondary N) is 1. The molecule has 0 unspecified atom stereocenters. The topological polar surface area (TPSA) is 91.5 Å². The molecule has 5 rings (SSSR count). The third kappa shape index (κ3) is 4.34. The van der Waals surface area contributed by atoms with Crippen LogP contribution in [-0.4, -0.2) is 47.1 Å². The zero-order valence-electron chi connectivity index (χ0n) is 18.9. The van der Waals surface area contributed by atoms with E-state index in [1.807, 2.05) is 49.4 Å². The molecule has 0 radical (unpaired) electrons. The number of likely N-dealkylation sites (N-methyl/N-ethyl adjacent to an activating group) is 1. The lowest BCUT2D eigenvalue weighted by Gasteiger charge is -2.37. The van der Waals surface area contributed by atoms with E-state index in [0.717, 1.165) is 61.8 Å². The molecule has 6 nitrogen and oxygen atoms in total. The lowest BCUT2D eigenvalue weighted by Crippen LogP contribution is -2.52. The first-order valence-corrected chi connectivity index (χ1v) is 12.2. The summed E-state index contributed by atoms with van der Waals surface area (Å²) in [6.45, 7) is 3.92. The number of aliphatic carboxylic acids is 1. The first-order chi connectivity index (χ1) is 16.3. The van der Waals surface area contributed by atoms with Crippen molar-refractivity contribution in [2.24, 2.45) is 0 Å². The molecule has 8 heteroatoms. The van der Waals surface area contributed by atoms with Crippen LogP contribution in [0.5, 0.6) is 0 Å². The molecule has 34 heavy (non-hydrogen) atoms. The average Bonchev–Trinajstić information content (AvgIpc) is 3.18. The van der Waals surface area contributed by atoms with Crippen molar-refractivity contribution in [3.63, 3.8) is 0 Å². The van der Waals surface area contributed by atoms with Crippen LogP contribution in [0.25, 0.3) is 31.9 Å². The van der Waals surface area contributed by atoms with E-state index >= 15 is 0 Å². The fourth-order valence-electron chi connectivity index (χ4n) is 4.48. The van der Waals surface area contributed by atoms with Gasteiger partial charge in [-0.3, -0.25) is 4.79 Å². The van der Waals surface area contributed by atoms with Gasteiger partial charge in [0.2, 0.25) is 0 Å². The van der Waals surface area contributed by atoms with Crippen LogP contribution < -0.4 is 11.1 Å². The first-order valence-electron chi connectivity index (χ1n) is 11.0. The highest BCUT2D eigenvalue weighted by atomic mass is 35.5. The minimum Gasteiger partial charge on any atom is -0.481 e. The van der Waals surface area contributed by atoms with Crippen LogP contribution in [0, 0.1) is 6.92 Å². The number of likely N-dealkylation sites (tertiary alicyclic amines) is 1. The van der Waals surface area contributed by atoms with Crippen LogP contribution in [0.2, 0.25) is 5.02 Å². The van der Waals surface area contributed by atoms with Crippen LogP contribution in [0.15, 0.2) is 48.5 Å². The second kappa shape index (κ2) is 8.91. The molecule has 4 aromatic rings. The molecule has 1 aliphatic rings. The zero-order valence-corrected chi connectivity index (χ0v) is 20.5. The molecule has 2 heterocycles. The highest BCUT2D eigenvalue weighted by Gasteiger charge is 2.24. The summed E-state index contributed by atoms with van der Waals surface area (Å²) in [5, 5.41) is 14.6. The van der Waals surface area contributed by atoms with Gasteiger partial charge >= 0.3 is 5.97 Å². The summed E-state index contributed by atoms with van der Waals surface area (Å²) in [5.41, 5.74) is 13.2. The maximum atomic E-state index is 11.7. The predicted octanol–water partition coefficient (Wildman–Crippen LogP) is 5.53. The number of aryl methyl sites for hydroxylation is 1. The molecule has 1 aromatic heterocycles. The number of rotatable bonds is 6. The largest absolute Gasteiger partial charge is 0.481 e. The quantitative estimate of drug-likeness (QED) is 0.307. The molecule has 1 aliphatic heterocycles. The number of benzene rings is 3. The molecule has 0 atom stereocenters. The van der Waals surface area contributed by atoms with Crippen LogP contribution in [0.3, 0.4) is 0 Å². The molecule has 0 saturated carbocycles. The minimum absolute atomic E-state index is 0.0568. The summed E-state index contributed by atoms with van der Waals surface area (Å²) in [5.74, 6) is -0.863. The molecule has 0 amide bonds. The van der Waals surface area contributed by atoms with Crippen LogP contribution in [0.1, 0.15) is 11.1 Å². The Balaban J connectivity index is 1.63. The molecule has 0 aliphatic carbocycles. The van der Waals surface area contributed by atoms with E-state index in [1.54, 1.807) is 11.3 Å². The number of anilines is 2. The van der Waals surface area contributed by atoms with Crippen LogP contribution in [0.4, 0.5) is 11.4 Å². The number of halogens is 1. The van der Waals surface area contributed by atoms with Crippen LogP contribution >= 0.6 is 22.9 Å². The van der Waals surface area contributed by atoms with Gasteiger partial charge in [-0.05, 0) is 67.1 Å². The van der Waals surface area contributed by atoms with Gasteiger partial charge in [-0.2, -0.15) is 0 Å². The number of thiazole rings is 1. The number of carboxylic acid groups (broad SMARTS) is 1. The van der Waals surface area contributed by atoms with Gasteiger partial charge in [0.05, 0.1) is 34.1 Å². The van der Waals surface area contributed by atoms with E-state index in [1.165, 1.54) is 0 Å². The van der Waals surface area contributed by atoms with Crippen molar-refractivity contribution in [3.8, 4) is 21.7 Å². The molecular weight excluding hydrogens is 468 g/mol. The standard InChI is InChI=1S/C26H25ClN4O2S/c1-14-9-22-25(24(19(14)11-23(32)33)15-3-6-17(27)7-4-15)34-26(30-22)16-5-8-20(28)21(10-16)29-18-12-31(2)13-18/h3-10,18,29H,11-13,28H2,1-2H3,(H,32,33). The zero-order chi connectivity index (χ0) is 24.0. The van der Waals surface area contributed by atoms with E-state index in [2.05, 4.69) is 23.3 Å². The van der Waals surface area contributed by atoms with E-state index in [4.69, 9.17) is 22.3 Å². The maximum absolute atomic E-state index is 11.7. The van der Waals surface area contributed by atoms with Gasteiger partial charge in [0, 0.05) is 29.2 Å². The van der Waals surface area contributed by atoms with E-state index < -0.39 is 5.97 Å². The molecular formula is C26H25ClN4O2S. The van der Waals surface area contributed by atoms with Crippen LogP contribution in [-0.2, 0) is 11.2 Å². The van der Waals surface area contributed by atoms with Crippen molar-refractivity contribution < 1.29 is 9.90 Å². The number of carboxylic acids is 1. The fraction of sp³-hybridized carbons (Fsp3) is 0.231. The van der Waals surface area contributed by atoms with Crippen molar-refractivity contribution in [2.45, 2.75) is 19.4 Å². The number of fused-ring (bicyclic) bond motifs is 1. The average molecular weight is 493 g/mol. The number of nitrogens with zero attached hydrogens (tertiary/aromatic N) is 2. The van der Waals surface area contributed by atoms with Gasteiger partial charge in [0.15, 0.2) is 0 Å². The minimum atomic E-state index is -0.863. The fourth-order valence-corrected chi connectivity index (χ4v) is 5.74. The third-order valence-corrected chi connectivity index (χ3v) is 7.59. The Morgan fingerprint density at radius 1 is 1.21 bits per heavy atom. The van der Waals surface area contributed by atoms with Gasteiger partial charge < -0.3 is 21.1 Å². The molecule has 1 fully saturated rings. The van der Waals surface area contributed by atoms with Crippen molar-refractivity contribution in [3.05, 3.63) is 64.7 Å². The first kappa shape index (κ1) is 22.7. The van der Waals surface area contributed by atoms with Crippen molar-refractivity contribution in [1.82, 2.24) is 9.88 Å². The number of hydrogen-bond acceptors (Lipinski definition) is 6. The molecule has 3 aromatic carbocycles. The summed E-state index contributed by atoms with van der Waals surface area (Å²) in [6.07, 6.45) is -0.0568. The normalized spacial score (nSPS) is 14.3. The van der Waals surface area contributed by atoms with Crippen molar-refractivity contribution in [1.29, 1.82) is 0 Å². The Labute approximate surface area is 207 Å². The predicted molar refractivity (Wildman–Crippen MR) is 141 cm³/mol. The molecule has 174 valence electrons. The second-order valence-electron chi connectivity index (χ2n) is 8.86. The van der Waals surface area contributed by atoms with Gasteiger partial charge in [0.1, 0.15) is 5.01 Å². The van der Waals surface area contributed by atoms with Crippen molar-refractivity contribution in [2.75, 3.05) is 31.2 Å².